The van der Waals surface area contributed by atoms with Crippen molar-refractivity contribution in [3.8, 4) is 6.07 Å². The van der Waals surface area contributed by atoms with Crippen LogP contribution >= 0.6 is 0 Å². The molecular weight excluding hydrogens is 422 g/mol. The Morgan fingerprint density at radius 1 is 1.00 bits per heavy atom. The number of rotatable bonds is 6. The molecule has 0 aliphatic heterocycles. The van der Waals surface area contributed by atoms with E-state index in [1.54, 1.807) is 13.0 Å². The molecule has 2 aromatic carbocycles. The lowest BCUT2D eigenvalue weighted by atomic mass is 10.1. The summed E-state index contributed by atoms with van der Waals surface area (Å²) in [5, 5.41) is 8.95. The van der Waals surface area contributed by atoms with Gasteiger partial charge in [0, 0.05) is 18.7 Å². The number of nitriles is 1. The number of aryl methyl sites for hydroxylation is 1. The summed E-state index contributed by atoms with van der Waals surface area (Å²) in [7, 11) is -5.34. The first-order valence-electron chi connectivity index (χ1n) is 8.08. The van der Waals surface area contributed by atoms with Crippen LogP contribution in [-0.2, 0) is 16.6 Å². The van der Waals surface area contributed by atoms with Gasteiger partial charge in [-0.15, -0.1) is 0 Å². The van der Waals surface area contributed by atoms with Gasteiger partial charge in [-0.25, -0.2) is 34.8 Å². The molecule has 0 radical (unpaired) electrons. The van der Waals surface area contributed by atoms with Crippen molar-refractivity contribution in [3.63, 3.8) is 0 Å². The van der Waals surface area contributed by atoms with Crippen LogP contribution in [0.3, 0.4) is 0 Å². The van der Waals surface area contributed by atoms with E-state index in [1.807, 2.05) is 0 Å². The molecule has 0 aliphatic rings. The molecule has 156 valence electrons. The lowest BCUT2D eigenvalue weighted by Gasteiger charge is -2.24. The molecule has 0 fully saturated rings. The molecule has 0 bridgehead atoms. The summed E-state index contributed by atoms with van der Waals surface area (Å²) >= 11 is 0. The van der Waals surface area contributed by atoms with Crippen LogP contribution in [-0.4, -0.2) is 19.3 Å². The quantitative estimate of drug-likeness (QED) is 0.388. The second kappa shape index (κ2) is 8.42. The van der Waals surface area contributed by atoms with Crippen molar-refractivity contribution in [2.75, 3.05) is 6.54 Å². The summed E-state index contributed by atoms with van der Waals surface area (Å²) in [6, 6.07) is 5.42. The largest absolute Gasteiger partial charge is 0.249 e. The highest BCUT2D eigenvalue weighted by molar-refractivity contribution is 7.89. The van der Waals surface area contributed by atoms with Gasteiger partial charge in [0.05, 0.1) is 12.0 Å². The predicted octanol–water partition coefficient (Wildman–Crippen LogP) is 4.18. The minimum atomic E-state index is -5.34. The van der Waals surface area contributed by atoms with Crippen molar-refractivity contribution in [1.82, 2.24) is 4.31 Å². The lowest BCUT2D eigenvalue weighted by molar-refractivity contribution is 0.341. The summed E-state index contributed by atoms with van der Waals surface area (Å²) in [5.41, 5.74) is 0.291. The van der Waals surface area contributed by atoms with Gasteiger partial charge in [-0.3, -0.25) is 0 Å². The van der Waals surface area contributed by atoms with E-state index in [4.69, 9.17) is 5.26 Å². The maximum atomic E-state index is 14.2. The van der Waals surface area contributed by atoms with Gasteiger partial charge in [0.15, 0.2) is 28.2 Å². The average molecular weight is 436 g/mol. The maximum absolute atomic E-state index is 14.2. The van der Waals surface area contributed by atoms with Crippen LogP contribution in [0.25, 0.3) is 0 Å². The van der Waals surface area contributed by atoms with Gasteiger partial charge in [-0.1, -0.05) is 12.1 Å². The van der Waals surface area contributed by atoms with Crippen LogP contribution in [0.15, 0.2) is 23.1 Å². The number of halogens is 6. The number of hydrogen-bond donors (Lipinski definition) is 0. The Hall–Kier alpha value is -2.58. The molecule has 2 rings (SSSR count). The van der Waals surface area contributed by atoms with Gasteiger partial charge in [0.2, 0.25) is 15.8 Å². The Balaban J connectivity index is 2.66. The zero-order valence-corrected chi connectivity index (χ0v) is 15.9. The van der Waals surface area contributed by atoms with Crippen molar-refractivity contribution in [3.05, 3.63) is 64.2 Å². The van der Waals surface area contributed by atoms with Crippen LogP contribution in [0.2, 0.25) is 0 Å². The monoisotopic (exact) mass is 436 g/mol. The second-order valence-electron chi connectivity index (χ2n) is 6.32. The standard InChI is InChI=1S/C18H14F6N2O2S/c1-9-3-4-11(12(19)5-9)8-26(7-10(2)6-25)29(27,28)18-16(23)14(21)13(20)15(22)17(18)24/h3-5,10H,7-8H2,1-2H3. The summed E-state index contributed by atoms with van der Waals surface area (Å²) in [5.74, 6) is -14.3. The summed E-state index contributed by atoms with van der Waals surface area (Å²) in [6.45, 7) is 1.37. The van der Waals surface area contributed by atoms with Gasteiger partial charge in [-0.2, -0.15) is 9.57 Å². The normalized spacial score (nSPS) is 12.8. The maximum Gasteiger partial charge on any atom is 0.249 e. The van der Waals surface area contributed by atoms with Gasteiger partial charge >= 0.3 is 0 Å². The predicted molar refractivity (Wildman–Crippen MR) is 89.7 cm³/mol. The van der Waals surface area contributed by atoms with Crippen molar-refractivity contribution < 1.29 is 34.8 Å². The zero-order valence-electron chi connectivity index (χ0n) is 15.1. The Morgan fingerprint density at radius 3 is 2.00 bits per heavy atom. The van der Waals surface area contributed by atoms with E-state index in [0.29, 0.717) is 9.87 Å². The fourth-order valence-electron chi connectivity index (χ4n) is 2.50. The molecule has 11 heteroatoms. The van der Waals surface area contributed by atoms with Crippen LogP contribution < -0.4 is 0 Å². The van der Waals surface area contributed by atoms with Crippen molar-refractivity contribution >= 4 is 10.0 Å². The van der Waals surface area contributed by atoms with E-state index in [-0.39, 0.29) is 5.56 Å². The Morgan fingerprint density at radius 2 is 1.52 bits per heavy atom. The minimum Gasteiger partial charge on any atom is -0.207 e. The fourth-order valence-corrected chi connectivity index (χ4v) is 4.12. The van der Waals surface area contributed by atoms with E-state index in [1.165, 1.54) is 19.1 Å². The van der Waals surface area contributed by atoms with E-state index in [9.17, 15) is 34.8 Å². The van der Waals surface area contributed by atoms with Gasteiger partial charge < -0.3 is 0 Å². The highest BCUT2D eigenvalue weighted by Gasteiger charge is 2.38. The van der Waals surface area contributed by atoms with Crippen LogP contribution in [0.1, 0.15) is 18.1 Å². The molecule has 0 saturated carbocycles. The smallest absolute Gasteiger partial charge is 0.207 e. The molecule has 0 N–H and O–H groups in total. The topological polar surface area (TPSA) is 61.2 Å². The minimum absolute atomic E-state index is 0.215. The first kappa shape index (κ1) is 22.7. The van der Waals surface area contributed by atoms with E-state index in [0.717, 1.165) is 6.07 Å². The molecule has 0 amide bonds. The first-order valence-corrected chi connectivity index (χ1v) is 9.52. The molecule has 29 heavy (non-hydrogen) atoms. The second-order valence-corrected chi connectivity index (χ2v) is 8.20. The molecular formula is C18H14F6N2O2S. The molecule has 1 unspecified atom stereocenters. The third kappa shape index (κ3) is 4.38. The number of sulfonamides is 1. The van der Waals surface area contributed by atoms with E-state index < -0.39 is 68.8 Å². The zero-order chi connectivity index (χ0) is 22.1. The lowest BCUT2D eigenvalue weighted by Crippen LogP contribution is -2.36. The molecule has 4 nitrogen and oxygen atoms in total. The number of benzene rings is 2. The number of hydrogen-bond acceptors (Lipinski definition) is 3. The Kier molecular flexibility index (Phi) is 6.60. The SMILES string of the molecule is Cc1ccc(CN(CC(C)C#N)S(=O)(=O)c2c(F)c(F)c(F)c(F)c2F)c(F)c1. The Bertz CT molecular complexity index is 1070. The van der Waals surface area contributed by atoms with E-state index in [2.05, 4.69) is 0 Å². The third-order valence-electron chi connectivity index (χ3n) is 4.02. The average Bonchev–Trinajstić information content (AvgIpc) is 2.65. The van der Waals surface area contributed by atoms with Crippen molar-refractivity contribution in [2.45, 2.75) is 25.3 Å². The van der Waals surface area contributed by atoms with Gasteiger partial charge in [-0.05, 0) is 25.5 Å². The van der Waals surface area contributed by atoms with Gasteiger partial charge in [0.25, 0.3) is 0 Å². The van der Waals surface area contributed by atoms with Crippen LogP contribution in [0.4, 0.5) is 26.3 Å². The highest BCUT2D eigenvalue weighted by atomic mass is 32.2. The first-order chi connectivity index (χ1) is 13.4. The third-order valence-corrected chi connectivity index (χ3v) is 5.85. The molecule has 0 aliphatic carbocycles. The highest BCUT2D eigenvalue weighted by Crippen LogP contribution is 2.30. The Labute approximate surface area is 163 Å². The van der Waals surface area contributed by atoms with Gasteiger partial charge in [0.1, 0.15) is 5.82 Å². The molecule has 2 aromatic rings. The fraction of sp³-hybridized carbons (Fsp3) is 0.278. The number of nitrogens with zero attached hydrogens (tertiary/aromatic N) is 2. The van der Waals surface area contributed by atoms with Crippen molar-refractivity contribution in [1.29, 1.82) is 5.26 Å². The summed E-state index contributed by atoms with van der Waals surface area (Å²) < 4.78 is 108. The van der Waals surface area contributed by atoms with Crippen LogP contribution in [0.5, 0.6) is 0 Å². The molecule has 0 heterocycles. The molecule has 0 saturated heterocycles. The molecule has 0 aromatic heterocycles. The molecule has 1 atom stereocenters. The molecule has 0 spiro atoms. The summed E-state index contributed by atoms with van der Waals surface area (Å²) in [6.07, 6.45) is 0. The van der Waals surface area contributed by atoms with Crippen molar-refractivity contribution in [2.24, 2.45) is 5.92 Å². The van der Waals surface area contributed by atoms with E-state index >= 15 is 0 Å². The van der Waals surface area contributed by atoms with Crippen LogP contribution in [0, 0.1) is 59.1 Å². The summed E-state index contributed by atoms with van der Waals surface area (Å²) in [4.78, 5) is -2.06.